The Balaban J connectivity index is 1.97. The van der Waals surface area contributed by atoms with E-state index >= 15 is 0 Å². The number of benzene rings is 2. The van der Waals surface area contributed by atoms with Crippen molar-refractivity contribution in [2.24, 2.45) is 0 Å². The van der Waals surface area contributed by atoms with Crippen molar-refractivity contribution >= 4 is 23.2 Å². The molecular formula is C19H18ClN3O3. The monoisotopic (exact) mass is 371 g/mol. The minimum Gasteiger partial charge on any atom is -0.493 e. The van der Waals surface area contributed by atoms with Crippen molar-refractivity contribution in [2.75, 3.05) is 19.5 Å². The fourth-order valence-corrected chi connectivity index (χ4v) is 2.82. The molecule has 1 amide bonds. The molecule has 0 aliphatic carbocycles. The summed E-state index contributed by atoms with van der Waals surface area (Å²) in [5.41, 5.74) is 3.09. The first-order valence-corrected chi connectivity index (χ1v) is 8.26. The quantitative estimate of drug-likeness (QED) is 0.700. The lowest BCUT2D eigenvalue weighted by molar-refractivity contribution is 0.102. The molecule has 134 valence electrons. The number of H-pyrrole nitrogens is 1. The Morgan fingerprint density at radius 1 is 1.12 bits per heavy atom. The van der Waals surface area contributed by atoms with Crippen LogP contribution in [0.2, 0.25) is 5.02 Å². The zero-order valence-electron chi connectivity index (χ0n) is 14.6. The second-order valence-corrected chi connectivity index (χ2v) is 5.98. The number of aromatic amines is 1. The molecule has 0 unspecified atom stereocenters. The first-order chi connectivity index (χ1) is 12.5. The summed E-state index contributed by atoms with van der Waals surface area (Å²) in [6.07, 6.45) is 0. The van der Waals surface area contributed by atoms with Crippen LogP contribution in [0.1, 0.15) is 16.1 Å². The number of rotatable bonds is 5. The lowest BCUT2D eigenvalue weighted by atomic mass is 10.1. The van der Waals surface area contributed by atoms with Gasteiger partial charge in [0.2, 0.25) is 0 Å². The first-order valence-electron chi connectivity index (χ1n) is 7.88. The Morgan fingerprint density at radius 3 is 2.54 bits per heavy atom. The maximum Gasteiger partial charge on any atom is 0.257 e. The molecule has 0 spiro atoms. The van der Waals surface area contributed by atoms with Gasteiger partial charge in [-0.15, -0.1) is 0 Å². The van der Waals surface area contributed by atoms with Gasteiger partial charge in [-0.3, -0.25) is 9.89 Å². The van der Waals surface area contributed by atoms with E-state index in [-0.39, 0.29) is 5.91 Å². The highest BCUT2D eigenvalue weighted by molar-refractivity contribution is 6.34. The van der Waals surface area contributed by atoms with Crippen LogP contribution in [0.15, 0.2) is 42.5 Å². The van der Waals surface area contributed by atoms with Gasteiger partial charge in [-0.25, -0.2) is 0 Å². The highest BCUT2D eigenvalue weighted by atomic mass is 35.5. The van der Waals surface area contributed by atoms with Crippen LogP contribution in [-0.2, 0) is 0 Å². The van der Waals surface area contributed by atoms with Crippen molar-refractivity contribution < 1.29 is 14.3 Å². The van der Waals surface area contributed by atoms with E-state index in [0.717, 1.165) is 11.3 Å². The number of nitrogens with one attached hydrogen (secondary N) is 2. The van der Waals surface area contributed by atoms with Gasteiger partial charge in [0.15, 0.2) is 11.5 Å². The van der Waals surface area contributed by atoms with Crippen molar-refractivity contribution in [3.05, 3.63) is 58.7 Å². The first kappa shape index (κ1) is 17.8. The van der Waals surface area contributed by atoms with Crippen molar-refractivity contribution in [3.8, 4) is 22.8 Å². The van der Waals surface area contributed by atoms with E-state index in [1.807, 2.05) is 13.0 Å². The van der Waals surface area contributed by atoms with Gasteiger partial charge in [-0.05, 0) is 37.3 Å². The molecule has 0 saturated carbocycles. The predicted octanol–water partition coefficient (Wildman–Crippen LogP) is 4.31. The third kappa shape index (κ3) is 3.36. The summed E-state index contributed by atoms with van der Waals surface area (Å²) < 4.78 is 10.6. The molecule has 0 fully saturated rings. The minimum absolute atomic E-state index is 0.304. The number of hydrogen-bond donors (Lipinski definition) is 2. The second-order valence-electron chi connectivity index (χ2n) is 5.58. The third-order valence-electron chi connectivity index (χ3n) is 3.96. The van der Waals surface area contributed by atoms with Gasteiger partial charge in [0.1, 0.15) is 5.69 Å². The Hall–Kier alpha value is -2.99. The van der Waals surface area contributed by atoms with Gasteiger partial charge in [0.05, 0.1) is 36.2 Å². The number of nitrogens with zero attached hydrogens (tertiary/aromatic N) is 1. The Morgan fingerprint density at radius 2 is 1.85 bits per heavy atom. The topological polar surface area (TPSA) is 76.2 Å². The van der Waals surface area contributed by atoms with Crippen molar-refractivity contribution in [3.63, 3.8) is 0 Å². The summed E-state index contributed by atoms with van der Waals surface area (Å²) in [5, 5.41) is 10.5. The molecule has 1 aromatic heterocycles. The summed E-state index contributed by atoms with van der Waals surface area (Å²) in [4.78, 5) is 12.6. The maximum atomic E-state index is 12.6. The Bertz CT molecular complexity index is 953. The molecular weight excluding hydrogens is 354 g/mol. The van der Waals surface area contributed by atoms with Crippen LogP contribution < -0.4 is 14.8 Å². The predicted molar refractivity (Wildman–Crippen MR) is 101 cm³/mol. The molecule has 2 N–H and O–H groups in total. The molecule has 7 heteroatoms. The number of aryl methyl sites for hydroxylation is 1. The SMILES string of the molecule is COc1ccc(-c2n[nH]c(C)c2NC(=O)c2ccccc2Cl)cc1OC. The molecule has 3 rings (SSSR count). The van der Waals surface area contributed by atoms with Crippen LogP contribution >= 0.6 is 11.6 Å². The maximum absolute atomic E-state index is 12.6. The highest BCUT2D eigenvalue weighted by Crippen LogP contribution is 2.35. The van der Waals surface area contributed by atoms with E-state index < -0.39 is 0 Å². The average molecular weight is 372 g/mol. The van der Waals surface area contributed by atoms with Crippen molar-refractivity contribution in [1.29, 1.82) is 0 Å². The van der Waals surface area contributed by atoms with E-state index in [0.29, 0.717) is 33.5 Å². The van der Waals surface area contributed by atoms with Crippen LogP contribution in [0, 0.1) is 6.92 Å². The van der Waals surface area contributed by atoms with E-state index in [1.165, 1.54) is 0 Å². The van der Waals surface area contributed by atoms with E-state index in [4.69, 9.17) is 21.1 Å². The zero-order valence-corrected chi connectivity index (χ0v) is 15.3. The number of anilines is 1. The van der Waals surface area contributed by atoms with Gasteiger partial charge < -0.3 is 14.8 Å². The summed E-state index contributed by atoms with van der Waals surface area (Å²) in [6, 6.07) is 12.3. The third-order valence-corrected chi connectivity index (χ3v) is 4.29. The number of halogens is 1. The molecule has 26 heavy (non-hydrogen) atoms. The van der Waals surface area contributed by atoms with Gasteiger partial charge in [0.25, 0.3) is 5.91 Å². The summed E-state index contributed by atoms with van der Waals surface area (Å²) in [6.45, 7) is 1.83. The molecule has 3 aromatic rings. The molecule has 0 aliphatic heterocycles. The standard InChI is InChI=1S/C19H18ClN3O3/c1-11-17(21-19(24)13-6-4-5-7-14(13)20)18(23-22-11)12-8-9-15(25-2)16(10-12)26-3/h4-10H,1-3H3,(H,21,24)(H,22,23). The number of hydrogen-bond acceptors (Lipinski definition) is 4. The average Bonchev–Trinajstić information content (AvgIpc) is 3.02. The molecule has 0 atom stereocenters. The lowest BCUT2D eigenvalue weighted by Crippen LogP contribution is -2.13. The van der Waals surface area contributed by atoms with Gasteiger partial charge in [0, 0.05) is 5.56 Å². The van der Waals surface area contributed by atoms with E-state index in [9.17, 15) is 4.79 Å². The summed E-state index contributed by atoms with van der Waals surface area (Å²) in [7, 11) is 3.14. The van der Waals surface area contributed by atoms with Crippen molar-refractivity contribution in [1.82, 2.24) is 10.2 Å². The van der Waals surface area contributed by atoms with Crippen LogP contribution in [0.25, 0.3) is 11.3 Å². The number of carbonyl (C=O) groups excluding carboxylic acids is 1. The number of carbonyl (C=O) groups is 1. The van der Waals surface area contributed by atoms with Crippen LogP contribution in [0.4, 0.5) is 5.69 Å². The van der Waals surface area contributed by atoms with Crippen LogP contribution in [0.3, 0.4) is 0 Å². The van der Waals surface area contributed by atoms with Gasteiger partial charge >= 0.3 is 0 Å². The lowest BCUT2D eigenvalue weighted by Gasteiger charge is -2.11. The number of amides is 1. The Labute approximate surface area is 156 Å². The fourth-order valence-electron chi connectivity index (χ4n) is 2.60. The largest absolute Gasteiger partial charge is 0.493 e. The van der Waals surface area contributed by atoms with E-state index in [1.54, 1.807) is 50.6 Å². The zero-order chi connectivity index (χ0) is 18.7. The van der Waals surface area contributed by atoms with Gasteiger partial charge in [-0.2, -0.15) is 5.10 Å². The molecule has 0 bridgehead atoms. The minimum atomic E-state index is -0.304. The van der Waals surface area contributed by atoms with Gasteiger partial charge in [-0.1, -0.05) is 23.7 Å². The number of methoxy groups -OCH3 is 2. The number of ether oxygens (including phenoxy) is 2. The Kier molecular flexibility index (Phi) is 5.14. The molecule has 0 aliphatic rings. The summed E-state index contributed by atoms with van der Waals surface area (Å²) in [5.74, 6) is 0.890. The van der Waals surface area contributed by atoms with E-state index in [2.05, 4.69) is 15.5 Å². The number of aromatic nitrogens is 2. The molecule has 2 aromatic carbocycles. The molecule has 0 radical (unpaired) electrons. The fraction of sp³-hybridized carbons (Fsp3) is 0.158. The second kappa shape index (κ2) is 7.49. The van der Waals surface area contributed by atoms with Crippen LogP contribution in [0.5, 0.6) is 11.5 Å². The smallest absolute Gasteiger partial charge is 0.257 e. The molecule has 6 nitrogen and oxygen atoms in total. The normalized spacial score (nSPS) is 10.5. The van der Waals surface area contributed by atoms with Crippen molar-refractivity contribution in [2.45, 2.75) is 6.92 Å². The summed E-state index contributed by atoms with van der Waals surface area (Å²) >= 11 is 6.11. The van der Waals surface area contributed by atoms with Crippen LogP contribution in [-0.4, -0.2) is 30.3 Å². The molecule has 1 heterocycles. The highest BCUT2D eigenvalue weighted by Gasteiger charge is 2.18. The molecule has 0 saturated heterocycles.